The molecule has 8 nitrogen and oxygen atoms in total. The fraction of sp³-hybridized carbons (Fsp3) is 0.0556. The first kappa shape index (κ1) is 15.7. The number of amides is 1. The maximum absolute atomic E-state index is 11.7. The number of pyridine rings is 1. The number of fused-ring (bicyclic) bond motifs is 1. The summed E-state index contributed by atoms with van der Waals surface area (Å²) in [5.41, 5.74) is 4.09. The van der Waals surface area contributed by atoms with E-state index in [0.29, 0.717) is 5.82 Å². The second-order valence-corrected chi connectivity index (χ2v) is 5.68. The Morgan fingerprint density at radius 1 is 1.35 bits per heavy atom. The fourth-order valence-electron chi connectivity index (χ4n) is 2.77. The molecule has 0 atom stereocenters. The maximum Gasteiger partial charge on any atom is 0.248 e. The van der Waals surface area contributed by atoms with Crippen LogP contribution in [0.5, 0.6) is 0 Å². The van der Waals surface area contributed by atoms with Crippen LogP contribution in [0, 0.1) is 0 Å². The van der Waals surface area contributed by atoms with Crippen molar-refractivity contribution in [3.05, 3.63) is 55.9 Å². The summed E-state index contributed by atoms with van der Waals surface area (Å²) in [6.07, 6.45) is 9.85. The molecule has 4 aromatic heterocycles. The highest BCUT2D eigenvalue weighted by molar-refractivity contribution is 6.01. The molecule has 0 aliphatic heterocycles. The van der Waals surface area contributed by atoms with Gasteiger partial charge in [0.25, 0.3) is 0 Å². The number of aromatic nitrogens is 6. The molecule has 0 unspecified atom stereocenters. The number of aromatic amines is 1. The average Bonchev–Trinajstić information content (AvgIpc) is 3.25. The van der Waals surface area contributed by atoms with E-state index in [-0.39, 0.29) is 5.91 Å². The Labute approximate surface area is 148 Å². The number of aryl methyl sites for hydroxylation is 1. The number of nitrogens with zero attached hydrogens (tertiary/aromatic N) is 5. The van der Waals surface area contributed by atoms with Gasteiger partial charge in [-0.25, -0.2) is 15.0 Å². The summed E-state index contributed by atoms with van der Waals surface area (Å²) in [6.45, 7) is 3.47. The van der Waals surface area contributed by atoms with Crippen LogP contribution in [-0.2, 0) is 11.8 Å². The normalized spacial score (nSPS) is 10.8. The molecule has 0 bridgehead atoms. The topological polar surface area (TPSA) is 101 Å². The lowest BCUT2D eigenvalue weighted by Crippen LogP contribution is -2.09. The summed E-state index contributed by atoms with van der Waals surface area (Å²) in [7, 11) is 1.79. The third-order valence-electron chi connectivity index (χ3n) is 3.96. The summed E-state index contributed by atoms with van der Waals surface area (Å²) in [5.74, 6) is 0.139. The molecule has 0 aromatic carbocycles. The third-order valence-corrected chi connectivity index (χ3v) is 3.96. The molecule has 1 amide bonds. The van der Waals surface area contributed by atoms with Crippen LogP contribution in [0.15, 0.2) is 55.9 Å². The van der Waals surface area contributed by atoms with Crippen molar-refractivity contribution >= 4 is 22.8 Å². The molecule has 4 aromatic rings. The van der Waals surface area contributed by atoms with Crippen LogP contribution < -0.4 is 5.32 Å². The largest absolute Gasteiger partial charge is 0.345 e. The van der Waals surface area contributed by atoms with Crippen LogP contribution >= 0.6 is 0 Å². The number of carbonyl (C=O) groups is 1. The van der Waals surface area contributed by atoms with Crippen molar-refractivity contribution in [1.82, 2.24) is 29.7 Å². The standard InChI is InChI=1S/C18H15N7O/c1-3-16(26)23-18-14(9-25(2)24-18)11-6-12-13(8-21-17(12)20-7-11)15-4-5-19-10-22-15/h3-10H,1H2,2H3,(H,20,21)(H,23,24,26). The zero-order valence-corrected chi connectivity index (χ0v) is 14.0. The quantitative estimate of drug-likeness (QED) is 0.554. The number of H-pyrrole nitrogens is 1. The van der Waals surface area contributed by atoms with E-state index < -0.39 is 0 Å². The lowest BCUT2D eigenvalue weighted by atomic mass is 10.1. The number of hydrogen-bond acceptors (Lipinski definition) is 5. The van der Waals surface area contributed by atoms with E-state index in [1.165, 1.54) is 12.4 Å². The molecule has 2 N–H and O–H groups in total. The van der Waals surface area contributed by atoms with Crippen molar-refractivity contribution in [2.75, 3.05) is 5.32 Å². The van der Waals surface area contributed by atoms with Gasteiger partial charge in [0.05, 0.1) is 5.69 Å². The Morgan fingerprint density at radius 3 is 3.00 bits per heavy atom. The van der Waals surface area contributed by atoms with Gasteiger partial charge in [-0.15, -0.1) is 0 Å². The van der Waals surface area contributed by atoms with Crippen molar-refractivity contribution in [3.63, 3.8) is 0 Å². The first-order chi connectivity index (χ1) is 12.7. The highest BCUT2D eigenvalue weighted by Gasteiger charge is 2.15. The van der Waals surface area contributed by atoms with Crippen LogP contribution in [0.2, 0.25) is 0 Å². The Hall–Kier alpha value is -3.81. The van der Waals surface area contributed by atoms with Gasteiger partial charge >= 0.3 is 0 Å². The van der Waals surface area contributed by atoms with E-state index in [4.69, 9.17) is 0 Å². The zero-order valence-electron chi connectivity index (χ0n) is 14.0. The molecule has 0 fully saturated rings. The van der Waals surface area contributed by atoms with E-state index in [2.05, 4.69) is 36.9 Å². The number of rotatable bonds is 4. The summed E-state index contributed by atoms with van der Waals surface area (Å²) >= 11 is 0. The Morgan fingerprint density at radius 2 is 2.23 bits per heavy atom. The average molecular weight is 345 g/mol. The first-order valence-electron chi connectivity index (χ1n) is 7.86. The number of nitrogens with one attached hydrogen (secondary N) is 2. The minimum absolute atomic E-state index is 0.317. The van der Waals surface area contributed by atoms with Gasteiger partial charge in [0.15, 0.2) is 5.82 Å². The van der Waals surface area contributed by atoms with E-state index in [1.807, 2.05) is 24.5 Å². The molecule has 0 radical (unpaired) electrons. The number of anilines is 1. The SMILES string of the molecule is C=CC(=O)Nc1nn(C)cc1-c1cnc2[nH]cc(-c3ccncn3)c2c1. The van der Waals surface area contributed by atoms with Crippen molar-refractivity contribution < 1.29 is 4.79 Å². The Balaban J connectivity index is 1.84. The Kier molecular flexibility index (Phi) is 3.77. The molecule has 0 saturated heterocycles. The van der Waals surface area contributed by atoms with Gasteiger partial charge in [-0.1, -0.05) is 6.58 Å². The van der Waals surface area contributed by atoms with E-state index in [9.17, 15) is 4.79 Å². The second-order valence-electron chi connectivity index (χ2n) is 5.68. The van der Waals surface area contributed by atoms with Gasteiger partial charge < -0.3 is 10.3 Å². The van der Waals surface area contributed by atoms with Gasteiger partial charge in [0.2, 0.25) is 5.91 Å². The van der Waals surface area contributed by atoms with Gasteiger partial charge in [-0.3, -0.25) is 9.48 Å². The van der Waals surface area contributed by atoms with Gasteiger partial charge in [0.1, 0.15) is 12.0 Å². The zero-order chi connectivity index (χ0) is 18.1. The van der Waals surface area contributed by atoms with E-state index >= 15 is 0 Å². The molecule has 0 aliphatic rings. The fourth-order valence-corrected chi connectivity index (χ4v) is 2.77. The number of hydrogen-bond donors (Lipinski definition) is 2. The van der Waals surface area contributed by atoms with E-state index in [0.717, 1.165) is 33.4 Å². The summed E-state index contributed by atoms with van der Waals surface area (Å²) in [5, 5.41) is 7.95. The van der Waals surface area contributed by atoms with Crippen molar-refractivity contribution in [3.8, 4) is 22.4 Å². The van der Waals surface area contributed by atoms with Gasteiger partial charge in [-0.05, 0) is 18.2 Å². The highest BCUT2D eigenvalue weighted by Crippen LogP contribution is 2.32. The first-order valence-corrected chi connectivity index (χ1v) is 7.86. The lowest BCUT2D eigenvalue weighted by molar-refractivity contribution is -0.111. The summed E-state index contributed by atoms with van der Waals surface area (Å²) < 4.78 is 1.64. The number of carbonyl (C=O) groups excluding carboxylic acids is 1. The molecule has 26 heavy (non-hydrogen) atoms. The minimum atomic E-state index is -0.317. The minimum Gasteiger partial charge on any atom is -0.345 e. The summed E-state index contributed by atoms with van der Waals surface area (Å²) in [4.78, 5) is 27.6. The summed E-state index contributed by atoms with van der Waals surface area (Å²) in [6, 6.07) is 3.84. The maximum atomic E-state index is 11.7. The molecule has 0 spiro atoms. The lowest BCUT2D eigenvalue weighted by Gasteiger charge is -2.04. The van der Waals surface area contributed by atoms with Crippen LogP contribution in [0.25, 0.3) is 33.4 Å². The molecule has 0 aliphatic carbocycles. The Bertz CT molecular complexity index is 1110. The predicted molar refractivity (Wildman–Crippen MR) is 98.1 cm³/mol. The second kappa shape index (κ2) is 6.25. The van der Waals surface area contributed by atoms with E-state index in [1.54, 1.807) is 24.1 Å². The molecular weight excluding hydrogens is 330 g/mol. The van der Waals surface area contributed by atoms with Crippen LogP contribution in [0.3, 0.4) is 0 Å². The predicted octanol–water partition coefficient (Wildman–Crippen LogP) is 2.54. The van der Waals surface area contributed by atoms with Crippen LogP contribution in [-0.4, -0.2) is 35.6 Å². The van der Waals surface area contributed by atoms with Crippen molar-refractivity contribution in [2.45, 2.75) is 0 Å². The van der Waals surface area contributed by atoms with Crippen LogP contribution in [0.1, 0.15) is 0 Å². The van der Waals surface area contributed by atoms with Crippen LogP contribution in [0.4, 0.5) is 5.82 Å². The monoisotopic (exact) mass is 345 g/mol. The van der Waals surface area contributed by atoms with Gasteiger partial charge in [0, 0.05) is 53.9 Å². The molecule has 8 heteroatoms. The molecular formula is C18H15N7O. The molecule has 4 rings (SSSR count). The molecule has 4 heterocycles. The van der Waals surface area contributed by atoms with Gasteiger partial charge in [-0.2, -0.15) is 5.10 Å². The smallest absolute Gasteiger partial charge is 0.248 e. The van der Waals surface area contributed by atoms with Crippen molar-refractivity contribution in [2.24, 2.45) is 7.05 Å². The molecule has 128 valence electrons. The van der Waals surface area contributed by atoms with Crippen molar-refractivity contribution in [1.29, 1.82) is 0 Å². The third kappa shape index (κ3) is 2.73. The molecule has 0 saturated carbocycles. The highest BCUT2D eigenvalue weighted by atomic mass is 16.1.